The van der Waals surface area contributed by atoms with Crippen molar-refractivity contribution in [2.24, 2.45) is 5.73 Å². The summed E-state index contributed by atoms with van der Waals surface area (Å²) < 4.78 is 24.6. The van der Waals surface area contributed by atoms with Crippen molar-refractivity contribution >= 4 is 33.2 Å². The molecule has 3 rings (SSSR count). The number of hydrogen-bond donors (Lipinski definition) is 3. The van der Waals surface area contributed by atoms with E-state index in [0.717, 1.165) is 9.13 Å². The maximum atomic E-state index is 10.8. The Kier molecular flexibility index (Phi) is 5.07. The van der Waals surface area contributed by atoms with E-state index in [1.807, 2.05) is 10.1 Å². The first-order chi connectivity index (χ1) is 12.3. The van der Waals surface area contributed by atoms with Crippen LogP contribution in [0.1, 0.15) is 5.56 Å². The van der Waals surface area contributed by atoms with E-state index in [1.54, 1.807) is 12.1 Å². The summed E-state index contributed by atoms with van der Waals surface area (Å²) in [5.74, 6) is 1.01. The van der Waals surface area contributed by atoms with E-state index in [2.05, 4.69) is 17.2 Å². The Balaban J connectivity index is 1.85. The summed E-state index contributed by atoms with van der Waals surface area (Å²) >= 11 is -1.90. The van der Waals surface area contributed by atoms with Crippen molar-refractivity contribution in [1.82, 2.24) is 0 Å². The van der Waals surface area contributed by atoms with Gasteiger partial charge in [-0.2, -0.15) is 0 Å². The number of benzene rings is 2. The van der Waals surface area contributed by atoms with Crippen molar-refractivity contribution in [3.63, 3.8) is 0 Å². The number of allylic oxidation sites excluding steroid dienone is 1. The monoisotopic (exact) mass is 484 g/mol. The second-order valence-electron chi connectivity index (χ2n) is 5.10. The van der Waals surface area contributed by atoms with E-state index in [1.165, 1.54) is 24.3 Å². The molecule has 0 bridgehead atoms. The van der Waals surface area contributed by atoms with Gasteiger partial charge < -0.3 is 0 Å². The van der Waals surface area contributed by atoms with Gasteiger partial charge in [0.15, 0.2) is 0 Å². The van der Waals surface area contributed by atoms with Gasteiger partial charge in [-0.05, 0) is 0 Å². The van der Waals surface area contributed by atoms with E-state index < -0.39 is 27.6 Å². The molecule has 0 amide bonds. The minimum absolute atomic E-state index is 0.0303. The molecular formula is C17H14IN2O5P. The molecule has 1 heterocycles. The third-order valence-corrected chi connectivity index (χ3v) is 8.75. The van der Waals surface area contributed by atoms with Crippen molar-refractivity contribution < 1.29 is 23.6 Å². The van der Waals surface area contributed by atoms with Crippen molar-refractivity contribution in [2.45, 2.75) is 0 Å². The van der Waals surface area contributed by atoms with Gasteiger partial charge >= 0.3 is 157 Å². The van der Waals surface area contributed by atoms with Crippen LogP contribution in [-0.2, 0) is 4.57 Å². The molecule has 0 saturated carbocycles. The minimum atomic E-state index is -4.60. The normalized spacial score (nSPS) is 14.6. The summed E-state index contributed by atoms with van der Waals surface area (Å²) in [7, 11) is -4.60. The van der Waals surface area contributed by atoms with Gasteiger partial charge in [-0.1, -0.05) is 0 Å². The van der Waals surface area contributed by atoms with Gasteiger partial charge in [0.05, 0.1) is 0 Å². The summed E-state index contributed by atoms with van der Waals surface area (Å²) in [6.45, 7) is 3.83. The molecule has 2 aromatic carbocycles. The maximum absolute atomic E-state index is 10.8. The Morgan fingerprint density at radius 1 is 1.15 bits per heavy atom. The van der Waals surface area contributed by atoms with Crippen LogP contribution in [0.3, 0.4) is 0 Å². The summed E-state index contributed by atoms with van der Waals surface area (Å²) in [5, 5.41) is 9.38. The van der Waals surface area contributed by atoms with Crippen LogP contribution in [0.2, 0.25) is 0 Å². The van der Waals surface area contributed by atoms with Crippen LogP contribution in [0.4, 0.5) is 0 Å². The SMILES string of the molecule is C=CI1C(N)=C(C#N)c2cc(Oc3ccc(OP(=O)(O)O)cc3)ccc21. The first-order valence-electron chi connectivity index (χ1n) is 7.20. The van der Waals surface area contributed by atoms with E-state index in [4.69, 9.17) is 20.3 Å². The Hall–Kier alpha value is -2.31. The molecule has 7 nitrogen and oxygen atoms in total. The molecule has 1 aliphatic heterocycles. The molecule has 1 aliphatic rings. The number of halogens is 1. The fourth-order valence-electron chi connectivity index (χ4n) is 2.40. The van der Waals surface area contributed by atoms with Crippen LogP contribution in [0.15, 0.2) is 56.8 Å². The number of phosphoric acid groups is 1. The van der Waals surface area contributed by atoms with Gasteiger partial charge in [0.1, 0.15) is 0 Å². The summed E-state index contributed by atoms with van der Waals surface area (Å²) in [6.07, 6.45) is 0. The fourth-order valence-corrected chi connectivity index (χ4v) is 6.98. The summed E-state index contributed by atoms with van der Waals surface area (Å²) in [4.78, 5) is 17.6. The average molecular weight is 484 g/mol. The standard InChI is InChI=1S/C17H14IN2O5P/c1-2-18-16-8-7-13(9-14(16)15(10-19)17(18)20)24-11-3-5-12(6-4-11)25-26(21,22)23/h2-9H,1,20H2,(H2,21,22,23). The molecule has 0 saturated heterocycles. The Bertz CT molecular complexity index is 991. The van der Waals surface area contributed by atoms with E-state index in [9.17, 15) is 9.83 Å². The van der Waals surface area contributed by atoms with Crippen LogP contribution < -0.4 is 15.0 Å². The second kappa shape index (κ2) is 7.13. The molecule has 134 valence electrons. The van der Waals surface area contributed by atoms with Gasteiger partial charge in [-0.15, -0.1) is 0 Å². The number of nitrogens with two attached hydrogens (primary N) is 1. The predicted octanol–water partition coefficient (Wildman–Crippen LogP) is 3.93. The Labute approximate surface area is 157 Å². The molecule has 0 aromatic heterocycles. The number of rotatable bonds is 5. The molecule has 26 heavy (non-hydrogen) atoms. The van der Waals surface area contributed by atoms with Crippen LogP contribution >= 0.6 is 27.6 Å². The van der Waals surface area contributed by atoms with Crippen LogP contribution in [0.25, 0.3) is 5.57 Å². The van der Waals surface area contributed by atoms with Crippen molar-refractivity contribution in [3.05, 3.63) is 66.0 Å². The van der Waals surface area contributed by atoms with Gasteiger partial charge in [0, 0.05) is 0 Å². The zero-order valence-electron chi connectivity index (χ0n) is 13.3. The molecule has 4 N–H and O–H groups in total. The quantitative estimate of drug-likeness (QED) is 0.334. The van der Waals surface area contributed by atoms with E-state index in [0.29, 0.717) is 20.8 Å². The van der Waals surface area contributed by atoms with Crippen molar-refractivity contribution in [3.8, 4) is 23.3 Å². The Morgan fingerprint density at radius 2 is 1.77 bits per heavy atom. The molecule has 0 radical (unpaired) electrons. The molecular weight excluding hydrogens is 470 g/mol. The van der Waals surface area contributed by atoms with Gasteiger partial charge in [-0.25, -0.2) is 0 Å². The second-order valence-corrected chi connectivity index (χ2v) is 11.3. The number of ether oxygens (including phenoxy) is 1. The number of nitriles is 1. The molecule has 2 aromatic rings. The van der Waals surface area contributed by atoms with Gasteiger partial charge in [0.25, 0.3) is 0 Å². The van der Waals surface area contributed by atoms with Crippen LogP contribution in [0, 0.1) is 14.9 Å². The molecule has 0 atom stereocenters. The van der Waals surface area contributed by atoms with Gasteiger partial charge in [-0.3, -0.25) is 0 Å². The van der Waals surface area contributed by atoms with Crippen LogP contribution in [-0.4, -0.2) is 9.79 Å². The fraction of sp³-hybridized carbons (Fsp3) is 0. The zero-order valence-corrected chi connectivity index (χ0v) is 16.3. The average Bonchev–Trinajstić information content (AvgIpc) is 2.85. The predicted molar refractivity (Wildman–Crippen MR) is 105 cm³/mol. The van der Waals surface area contributed by atoms with Gasteiger partial charge in [0.2, 0.25) is 0 Å². The van der Waals surface area contributed by atoms with Crippen LogP contribution in [0.5, 0.6) is 17.2 Å². The van der Waals surface area contributed by atoms with E-state index in [-0.39, 0.29) is 5.75 Å². The van der Waals surface area contributed by atoms with Crippen molar-refractivity contribution in [2.75, 3.05) is 0 Å². The van der Waals surface area contributed by atoms with Crippen molar-refractivity contribution in [1.29, 1.82) is 5.26 Å². The third-order valence-electron chi connectivity index (χ3n) is 3.43. The molecule has 0 spiro atoms. The number of phosphoric ester groups is 1. The summed E-state index contributed by atoms with van der Waals surface area (Å²) in [5.41, 5.74) is 7.35. The molecule has 0 aliphatic carbocycles. The first kappa shape index (κ1) is 18.5. The van der Waals surface area contributed by atoms with E-state index >= 15 is 0 Å². The number of hydrogen-bond acceptors (Lipinski definition) is 5. The third kappa shape index (κ3) is 3.76. The Morgan fingerprint density at radius 3 is 2.35 bits per heavy atom. The number of nitrogens with zero attached hydrogens (tertiary/aromatic N) is 1. The molecule has 0 unspecified atom stereocenters. The molecule has 9 heteroatoms. The topological polar surface area (TPSA) is 126 Å². The molecule has 0 fully saturated rings. The number of fused-ring (bicyclic) bond motifs is 1. The summed E-state index contributed by atoms with van der Waals surface area (Å²) in [6, 6.07) is 13.4. The first-order valence-corrected chi connectivity index (χ1v) is 12.1. The zero-order chi connectivity index (χ0) is 18.9.